The van der Waals surface area contributed by atoms with Crippen molar-refractivity contribution in [2.75, 3.05) is 13.1 Å². The summed E-state index contributed by atoms with van der Waals surface area (Å²) >= 11 is 0. The molecule has 2 aromatic heterocycles. The van der Waals surface area contributed by atoms with Gasteiger partial charge in [0, 0.05) is 25.6 Å². The van der Waals surface area contributed by atoms with E-state index in [2.05, 4.69) is 90.8 Å². The first kappa shape index (κ1) is 46.7. The third-order valence-corrected chi connectivity index (χ3v) is 16.6. The number of amides is 5. The van der Waals surface area contributed by atoms with Gasteiger partial charge in [-0.2, -0.15) is 0 Å². The molecule has 6 N–H and O–H groups in total. The van der Waals surface area contributed by atoms with Gasteiger partial charge in [-0.1, -0.05) is 85.7 Å². The number of carbonyl (C=O) groups excluding carboxylic acids is 4. The molecule has 69 heavy (non-hydrogen) atoms. The van der Waals surface area contributed by atoms with E-state index in [0.29, 0.717) is 42.7 Å². The highest BCUT2D eigenvalue weighted by Crippen LogP contribution is 2.60. The lowest BCUT2D eigenvalue weighted by atomic mass is 9.78. The number of imidazole rings is 2. The largest absolute Gasteiger partial charge is 0.352 e. The average Bonchev–Trinajstić information content (AvgIpc) is 4.18. The smallest absolute Gasteiger partial charge is 0.312 e. The van der Waals surface area contributed by atoms with Crippen molar-refractivity contribution in [2.45, 2.75) is 149 Å². The van der Waals surface area contributed by atoms with E-state index < -0.39 is 18.1 Å². The molecule has 3 aromatic carbocycles. The van der Waals surface area contributed by atoms with E-state index in [1.807, 2.05) is 43.7 Å². The Kier molecular flexibility index (Phi) is 12.2. The molecule has 1 saturated carbocycles. The predicted molar refractivity (Wildman–Crippen MR) is 270 cm³/mol. The van der Waals surface area contributed by atoms with Gasteiger partial charge < -0.3 is 36.1 Å². The summed E-state index contributed by atoms with van der Waals surface area (Å²) in [5, 5.41) is 5.60. The average molecular weight is 934 g/mol. The van der Waals surface area contributed by atoms with Gasteiger partial charge in [-0.3, -0.25) is 14.4 Å². The Morgan fingerprint density at radius 3 is 1.93 bits per heavy atom. The number of nitrogens with zero attached hydrogens (tertiary/aromatic N) is 4. The Morgan fingerprint density at radius 1 is 0.739 bits per heavy atom. The fraction of sp³-hybridized carbons (Fsp3) is 0.536. The second kappa shape index (κ2) is 18.1. The van der Waals surface area contributed by atoms with Crippen molar-refractivity contribution in [3.05, 3.63) is 82.6 Å². The van der Waals surface area contributed by atoms with E-state index in [0.717, 1.165) is 54.1 Å². The topological polar surface area (TPSA) is 182 Å². The van der Waals surface area contributed by atoms with Crippen molar-refractivity contribution in [1.29, 1.82) is 0 Å². The zero-order chi connectivity index (χ0) is 48.7. The molecule has 0 spiro atoms. The molecule has 2 bridgehead atoms. The number of hydrogen-bond donors (Lipinski definition) is 5. The number of fused-ring (bicyclic) bond motifs is 7. The maximum absolute atomic E-state index is 14.0. The van der Waals surface area contributed by atoms with E-state index in [-0.39, 0.29) is 47.6 Å². The fourth-order valence-electron chi connectivity index (χ4n) is 13.5. The van der Waals surface area contributed by atoms with E-state index in [1.54, 1.807) is 0 Å². The van der Waals surface area contributed by atoms with Crippen LogP contribution in [0.25, 0.3) is 44.5 Å². The van der Waals surface area contributed by atoms with Crippen molar-refractivity contribution in [3.8, 4) is 33.5 Å². The van der Waals surface area contributed by atoms with Crippen LogP contribution in [0.4, 0.5) is 4.79 Å². The maximum atomic E-state index is 14.0. The summed E-state index contributed by atoms with van der Waals surface area (Å²) < 4.78 is 0. The maximum Gasteiger partial charge on any atom is 0.312 e. The minimum absolute atomic E-state index is 0.0369. The molecule has 2 aliphatic heterocycles. The molecule has 2 saturated heterocycles. The van der Waals surface area contributed by atoms with E-state index in [4.69, 9.17) is 15.7 Å². The van der Waals surface area contributed by atoms with Crippen molar-refractivity contribution >= 4 is 34.8 Å². The van der Waals surface area contributed by atoms with Crippen molar-refractivity contribution in [3.63, 3.8) is 0 Å². The summed E-state index contributed by atoms with van der Waals surface area (Å²) in [4.78, 5) is 73.2. The molecule has 5 aliphatic rings. The number of likely N-dealkylation sites (tertiary alicyclic amines) is 2. The quantitative estimate of drug-likeness (QED) is 0.0830. The lowest BCUT2D eigenvalue weighted by molar-refractivity contribution is -0.138. The lowest BCUT2D eigenvalue weighted by Gasteiger charge is -2.30. The van der Waals surface area contributed by atoms with Crippen LogP contribution in [0.15, 0.2) is 48.7 Å². The van der Waals surface area contributed by atoms with Gasteiger partial charge in [-0.15, -0.1) is 0 Å². The van der Waals surface area contributed by atoms with Crippen LogP contribution in [0.1, 0.15) is 165 Å². The molecule has 5 amide bonds. The summed E-state index contributed by atoms with van der Waals surface area (Å²) in [5.74, 6) is 3.61. The summed E-state index contributed by atoms with van der Waals surface area (Å²) in [5.41, 5.74) is 20.6. The summed E-state index contributed by atoms with van der Waals surface area (Å²) in [6, 6.07) is 13.7. The molecular formula is C56H71N9O4. The number of aromatic nitrogens is 4. The third-order valence-electron chi connectivity index (χ3n) is 16.6. The first-order valence-corrected chi connectivity index (χ1v) is 25.8. The minimum atomic E-state index is -0.703. The van der Waals surface area contributed by atoms with Crippen LogP contribution in [0, 0.1) is 29.6 Å². The lowest BCUT2D eigenvalue weighted by Crippen LogP contribution is -2.52. The number of nitrogens with two attached hydrogens (primary N) is 1. The second-order valence-corrected chi connectivity index (χ2v) is 22.3. The molecule has 10 unspecified atom stereocenters. The third kappa shape index (κ3) is 8.20. The Morgan fingerprint density at radius 2 is 1.32 bits per heavy atom. The highest BCUT2D eigenvalue weighted by atomic mass is 16.2. The summed E-state index contributed by atoms with van der Waals surface area (Å²) in [7, 11) is 0. The number of nitrogens with one attached hydrogen (secondary N) is 4. The van der Waals surface area contributed by atoms with Crippen LogP contribution in [-0.4, -0.2) is 78.7 Å². The number of rotatable bonds is 12. The molecule has 0 radical (unpaired) electrons. The molecular weight excluding hydrogens is 863 g/mol. The van der Waals surface area contributed by atoms with Crippen LogP contribution >= 0.6 is 0 Å². The highest BCUT2D eigenvalue weighted by molar-refractivity contribution is 5.90. The van der Waals surface area contributed by atoms with Gasteiger partial charge in [0.1, 0.15) is 23.7 Å². The standard InChI is InChI=1S/C56H71N9O4/c1-10-36-31(8)21-41-38(44-24-58-52(62-44)45-19-29(6)25-64(45)54(67)50(27(2)3)59-32(9)66)15-17-40(49(36)41)39-16-14-37(47-34-11-12-35(22-34)48(39)47)33-13-18-42-43(23-33)61-53(60-42)46-20-30(7)26-65(46)55(68)51(28(4)5)63-56(57)69/h13-18,23-24,27-31,34-36,45-46,50-51H,10-12,19-22,25-26H2,1-9H3,(H,58,62)(H,59,66)(H,60,61)(H3,57,63,69). The molecule has 4 heterocycles. The van der Waals surface area contributed by atoms with Gasteiger partial charge in [0.2, 0.25) is 17.7 Å². The van der Waals surface area contributed by atoms with Crippen molar-refractivity contribution in [2.24, 2.45) is 35.3 Å². The van der Waals surface area contributed by atoms with E-state index in [1.165, 1.54) is 76.3 Å². The molecule has 3 aliphatic carbocycles. The van der Waals surface area contributed by atoms with Gasteiger partial charge in [0.15, 0.2) is 0 Å². The molecule has 364 valence electrons. The van der Waals surface area contributed by atoms with Gasteiger partial charge in [-0.05, 0) is 149 Å². The predicted octanol–water partition coefficient (Wildman–Crippen LogP) is 10.0. The van der Waals surface area contributed by atoms with Gasteiger partial charge in [-0.25, -0.2) is 14.8 Å². The number of hydrogen-bond acceptors (Lipinski definition) is 6. The number of H-pyrrole nitrogens is 2. The van der Waals surface area contributed by atoms with Crippen LogP contribution in [0.3, 0.4) is 0 Å². The van der Waals surface area contributed by atoms with Crippen molar-refractivity contribution < 1.29 is 19.2 Å². The van der Waals surface area contributed by atoms with Crippen LogP contribution in [-0.2, 0) is 20.8 Å². The molecule has 13 heteroatoms. The van der Waals surface area contributed by atoms with E-state index >= 15 is 0 Å². The number of primary amides is 1. The molecule has 5 aromatic rings. The number of benzene rings is 3. The Bertz CT molecular complexity index is 2840. The van der Waals surface area contributed by atoms with Gasteiger partial charge >= 0.3 is 6.03 Å². The fourth-order valence-corrected chi connectivity index (χ4v) is 13.5. The number of carbonyl (C=O) groups is 4. The zero-order valence-electron chi connectivity index (χ0n) is 41.9. The highest BCUT2D eigenvalue weighted by Gasteiger charge is 2.44. The number of urea groups is 1. The van der Waals surface area contributed by atoms with E-state index in [9.17, 15) is 19.2 Å². The monoisotopic (exact) mass is 934 g/mol. The van der Waals surface area contributed by atoms with Crippen LogP contribution in [0.2, 0.25) is 0 Å². The van der Waals surface area contributed by atoms with Crippen LogP contribution in [0.5, 0.6) is 0 Å². The second-order valence-electron chi connectivity index (χ2n) is 22.3. The van der Waals surface area contributed by atoms with Gasteiger partial charge in [0.25, 0.3) is 0 Å². The Balaban J connectivity index is 0.986. The first-order valence-electron chi connectivity index (χ1n) is 25.8. The molecule has 10 rings (SSSR count). The van der Waals surface area contributed by atoms with Crippen molar-refractivity contribution in [1.82, 2.24) is 40.4 Å². The molecule has 3 fully saturated rings. The molecule has 13 nitrogen and oxygen atoms in total. The first-order chi connectivity index (χ1) is 33.0. The summed E-state index contributed by atoms with van der Waals surface area (Å²) in [6.07, 6.45) is 9.23. The zero-order valence-corrected chi connectivity index (χ0v) is 41.9. The normalized spacial score (nSPS) is 25.7. The summed E-state index contributed by atoms with van der Waals surface area (Å²) in [6.45, 7) is 19.6. The Hall–Kier alpha value is -5.98. The molecule has 10 atom stereocenters. The SMILES string of the molecule is CCC1c2c(-c3ccc(-c4ccc5nc(C6CC(C)CN6C(=O)C(NC(N)=O)C(C)C)[nH]c5c4)c4c3C3CCC4C3)ccc(-c3cnc(C4CC(C)CN4C(=O)C(NC(C)=O)C(C)C)[nH]3)c2CC1C. The van der Waals surface area contributed by atoms with Gasteiger partial charge in [0.05, 0.1) is 35.0 Å². The Labute approximate surface area is 406 Å². The minimum Gasteiger partial charge on any atom is -0.352 e. The van der Waals surface area contributed by atoms with Crippen LogP contribution < -0.4 is 16.4 Å². The number of aromatic amines is 2.